The van der Waals surface area contributed by atoms with Gasteiger partial charge >= 0.3 is 12.1 Å². The molecule has 0 unspecified atom stereocenters. The summed E-state index contributed by atoms with van der Waals surface area (Å²) in [5.41, 5.74) is -0.857. The number of halogens is 3. The topological polar surface area (TPSA) is 104 Å². The van der Waals surface area contributed by atoms with Crippen molar-refractivity contribution >= 4 is 11.8 Å². The van der Waals surface area contributed by atoms with Gasteiger partial charge in [-0.3, -0.25) is 9.59 Å². The van der Waals surface area contributed by atoms with E-state index in [0.29, 0.717) is 19.3 Å². The van der Waals surface area contributed by atoms with Crippen LogP contribution in [0.5, 0.6) is 5.75 Å². The Labute approximate surface area is 184 Å². The quantitative estimate of drug-likeness (QED) is 0.346. The zero-order valence-corrected chi connectivity index (χ0v) is 17.4. The number of carboxylic acids is 1. The zero-order chi connectivity index (χ0) is 23.7. The van der Waals surface area contributed by atoms with Gasteiger partial charge in [-0.2, -0.15) is 13.2 Å². The predicted octanol–water partition coefficient (Wildman–Crippen LogP) is 3.77. The summed E-state index contributed by atoms with van der Waals surface area (Å²) in [5, 5.41) is 28.9. The maximum Gasteiger partial charge on any atom is 0.416 e. The van der Waals surface area contributed by atoms with Gasteiger partial charge in [0.2, 0.25) is 0 Å². The molecule has 0 bridgehead atoms. The summed E-state index contributed by atoms with van der Waals surface area (Å²) >= 11 is 0. The molecule has 0 aromatic heterocycles. The van der Waals surface area contributed by atoms with E-state index in [9.17, 15) is 33.0 Å². The van der Waals surface area contributed by atoms with Gasteiger partial charge in [0.05, 0.1) is 11.7 Å². The standard InChI is InChI=1S/C23H27F3O6/c24-23(25,26)15-6-5-7-17(12-15)32-14-16(27)10-11-19-18(20(28)13-21(19)29)8-3-1-2-4-9-22(30)31/h1,3,5-7,10-12,16,18-20,27-28H,2,4,8-9,13-14H2,(H,30,31)/b3-1-,11-10+/t16-,18-,19-,20+/m1/s1. The molecule has 2 rings (SSSR count). The molecule has 0 heterocycles. The summed E-state index contributed by atoms with van der Waals surface area (Å²) in [7, 11) is 0. The van der Waals surface area contributed by atoms with Crippen LogP contribution >= 0.6 is 0 Å². The fourth-order valence-electron chi connectivity index (χ4n) is 3.52. The van der Waals surface area contributed by atoms with E-state index in [2.05, 4.69) is 0 Å². The molecule has 0 spiro atoms. The van der Waals surface area contributed by atoms with Gasteiger partial charge in [0.15, 0.2) is 0 Å². The molecule has 0 aliphatic heterocycles. The number of allylic oxidation sites excluding steroid dienone is 3. The van der Waals surface area contributed by atoms with E-state index in [1.54, 1.807) is 0 Å². The van der Waals surface area contributed by atoms with E-state index in [4.69, 9.17) is 9.84 Å². The monoisotopic (exact) mass is 456 g/mol. The van der Waals surface area contributed by atoms with Crippen LogP contribution < -0.4 is 4.74 Å². The van der Waals surface area contributed by atoms with E-state index in [1.807, 2.05) is 12.2 Å². The first-order chi connectivity index (χ1) is 15.1. The lowest BCUT2D eigenvalue weighted by atomic mass is 9.90. The molecule has 0 amide bonds. The van der Waals surface area contributed by atoms with Crippen molar-refractivity contribution in [2.24, 2.45) is 11.8 Å². The molecule has 6 nitrogen and oxygen atoms in total. The third kappa shape index (κ3) is 8.12. The van der Waals surface area contributed by atoms with Crippen molar-refractivity contribution in [3.8, 4) is 5.75 Å². The Morgan fingerprint density at radius 3 is 2.72 bits per heavy atom. The third-order valence-corrected chi connectivity index (χ3v) is 5.20. The number of ketones is 1. The van der Waals surface area contributed by atoms with Crippen molar-refractivity contribution in [2.45, 2.75) is 50.5 Å². The molecule has 3 N–H and O–H groups in total. The molecule has 1 aliphatic rings. The molecule has 9 heteroatoms. The minimum atomic E-state index is -4.50. The van der Waals surface area contributed by atoms with E-state index in [-0.39, 0.29) is 36.9 Å². The highest BCUT2D eigenvalue weighted by Gasteiger charge is 2.39. The van der Waals surface area contributed by atoms with Crippen molar-refractivity contribution in [3.63, 3.8) is 0 Å². The Hall–Kier alpha value is -2.65. The lowest BCUT2D eigenvalue weighted by molar-refractivity contribution is -0.138. The third-order valence-electron chi connectivity index (χ3n) is 5.20. The van der Waals surface area contributed by atoms with Gasteiger partial charge < -0.3 is 20.1 Å². The van der Waals surface area contributed by atoms with Crippen LogP contribution in [0.3, 0.4) is 0 Å². The van der Waals surface area contributed by atoms with Gasteiger partial charge in [0.1, 0.15) is 24.2 Å². The van der Waals surface area contributed by atoms with Gasteiger partial charge in [-0.15, -0.1) is 0 Å². The zero-order valence-electron chi connectivity index (χ0n) is 17.4. The number of unbranched alkanes of at least 4 members (excludes halogenated alkanes) is 1. The van der Waals surface area contributed by atoms with Gasteiger partial charge in [0.25, 0.3) is 0 Å². The number of aliphatic hydroxyl groups excluding tert-OH is 2. The molecule has 1 saturated carbocycles. The molecular weight excluding hydrogens is 429 g/mol. The smallest absolute Gasteiger partial charge is 0.416 e. The summed E-state index contributed by atoms with van der Waals surface area (Å²) in [6.45, 7) is -0.296. The van der Waals surface area contributed by atoms with Crippen LogP contribution in [0.4, 0.5) is 13.2 Å². The molecule has 1 aliphatic carbocycles. The number of benzene rings is 1. The Morgan fingerprint density at radius 2 is 2.03 bits per heavy atom. The van der Waals surface area contributed by atoms with Crippen LogP contribution in [0.25, 0.3) is 0 Å². The molecule has 0 saturated heterocycles. The normalized spacial score (nSPS) is 22.7. The molecule has 176 valence electrons. The number of Topliss-reactive ketones (excluding diaryl/α,β-unsaturated/α-hetero) is 1. The molecule has 4 atom stereocenters. The number of rotatable bonds is 11. The van der Waals surface area contributed by atoms with Gasteiger partial charge in [-0.1, -0.05) is 30.4 Å². The molecule has 32 heavy (non-hydrogen) atoms. The van der Waals surface area contributed by atoms with Gasteiger partial charge in [-0.05, 0) is 37.5 Å². The van der Waals surface area contributed by atoms with Crippen molar-refractivity contribution in [1.82, 2.24) is 0 Å². The highest BCUT2D eigenvalue weighted by Crippen LogP contribution is 2.34. The summed E-state index contributed by atoms with van der Waals surface area (Å²) in [6.07, 6.45) is 1.58. The second kappa shape index (κ2) is 11.8. The minimum absolute atomic E-state index is 0.00333. The highest BCUT2D eigenvalue weighted by atomic mass is 19.4. The number of carbonyl (C=O) groups is 2. The molecular formula is C23H27F3O6. The second-order valence-electron chi connectivity index (χ2n) is 7.71. The van der Waals surface area contributed by atoms with Crippen LogP contribution in [0.1, 0.15) is 37.7 Å². The van der Waals surface area contributed by atoms with Crippen LogP contribution in [0.2, 0.25) is 0 Å². The fourth-order valence-corrected chi connectivity index (χ4v) is 3.52. The number of carbonyl (C=O) groups excluding carboxylic acids is 1. The first kappa shape index (κ1) is 25.6. The number of hydrogen-bond donors (Lipinski definition) is 3. The second-order valence-corrected chi connectivity index (χ2v) is 7.71. The Bertz CT molecular complexity index is 833. The highest BCUT2D eigenvalue weighted by molar-refractivity contribution is 5.86. The van der Waals surface area contributed by atoms with E-state index in [0.717, 1.165) is 12.1 Å². The largest absolute Gasteiger partial charge is 0.491 e. The van der Waals surface area contributed by atoms with Crippen LogP contribution in [-0.4, -0.2) is 45.9 Å². The molecule has 0 radical (unpaired) electrons. The Balaban J connectivity index is 1.88. The summed E-state index contributed by atoms with van der Waals surface area (Å²) in [4.78, 5) is 22.7. The maximum atomic E-state index is 12.7. The fraction of sp³-hybridized carbons (Fsp3) is 0.478. The van der Waals surface area contributed by atoms with Crippen LogP contribution in [-0.2, 0) is 15.8 Å². The van der Waals surface area contributed by atoms with Gasteiger partial charge in [-0.25, -0.2) is 0 Å². The number of aliphatic carboxylic acids is 1. The van der Waals surface area contributed by atoms with Crippen LogP contribution in [0, 0.1) is 11.8 Å². The van der Waals surface area contributed by atoms with Gasteiger partial charge in [0, 0.05) is 24.7 Å². The molecule has 1 aromatic carbocycles. The lowest BCUT2D eigenvalue weighted by Crippen LogP contribution is -2.20. The van der Waals surface area contributed by atoms with Crippen molar-refractivity contribution in [1.29, 1.82) is 0 Å². The van der Waals surface area contributed by atoms with Crippen molar-refractivity contribution < 1.29 is 42.8 Å². The first-order valence-corrected chi connectivity index (χ1v) is 10.3. The summed E-state index contributed by atoms with van der Waals surface area (Å²) in [5.74, 6) is -2.03. The number of carboxylic acid groups (broad SMARTS) is 1. The van der Waals surface area contributed by atoms with Crippen molar-refractivity contribution in [3.05, 3.63) is 54.1 Å². The van der Waals surface area contributed by atoms with E-state index < -0.39 is 35.8 Å². The van der Waals surface area contributed by atoms with E-state index >= 15 is 0 Å². The molecule has 1 aromatic rings. The maximum absolute atomic E-state index is 12.7. The van der Waals surface area contributed by atoms with Crippen LogP contribution in [0.15, 0.2) is 48.6 Å². The Morgan fingerprint density at radius 1 is 1.28 bits per heavy atom. The van der Waals surface area contributed by atoms with Crippen molar-refractivity contribution in [2.75, 3.05) is 6.61 Å². The number of aliphatic hydroxyl groups is 2. The SMILES string of the molecule is O=C(O)CCC/C=C\C[C@H]1[C@@H](O)CC(=O)[C@@H]1/C=C/[C@@H](O)COc1cccc(C(F)(F)F)c1. The lowest BCUT2D eigenvalue weighted by Gasteiger charge is -2.17. The molecule has 1 fully saturated rings. The average Bonchev–Trinajstić information content (AvgIpc) is 2.99. The summed E-state index contributed by atoms with van der Waals surface area (Å²) < 4.78 is 43.5. The number of hydrogen-bond acceptors (Lipinski definition) is 5. The van der Waals surface area contributed by atoms with E-state index in [1.165, 1.54) is 24.3 Å². The summed E-state index contributed by atoms with van der Waals surface area (Å²) in [6, 6.07) is 4.31. The minimum Gasteiger partial charge on any atom is -0.491 e. The first-order valence-electron chi connectivity index (χ1n) is 10.3. The number of alkyl halides is 3. The Kier molecular flexibility index (Phi) is 9.46. The average molecular weight is 456 g/mol. The predicted molar refractivity (Wildman–Crippen MR) is 110 cm³/mol. The number of ether oxygens (including phenoxy) is 1.